The number of fused-ring (bicyclic) bond motifs is 1. The molecule has 1 heterocycles. The Kier molecular flexibility index (Phi) is 4.28. The van der Waals surface area contributed by atoms with Crippen molar-refractivity contribution < 1.29 is 14.3 Å². The number of hydrogen-bond acceptors (Lipinski definition) is 3. The zero-order valence-corrected chi connectivity index (χ0v) is 13.7. The third-order valence-corrected chi connectivity index (χ3v) is 4.49. The molecule has 2 aromatic rings. The van der Waals surface area contributed by atoms with Gasteiger partial charge in [-0.25, -0.2) is 0 Å². The fourth-order valence-electron chi connectivity index (χ4n) is 2.39. The van der Waals surface area contributed by atoms with Crippen molar-refractivity contribution in [3.63, 3.8) is 0 Å². The molecule has 0 radical (unpaired) electrons. The molecule has 0 saturated heterocycles. The molecule has 0 unspecified atom stereocenters. The number of amides is 1. The van der Waals surface area contributed by atoms with E-state index < -0.39 is 0 Å². The molecule has 4 nitrogen and oxygen atoms in total. The lowest BCUT2D eigenvalue weighted by Gasteiger charge is -2.08. The molecular formula is C17H13Cl2NO3. The van der Waals surface area contributed by atoms with E-state index in [0.29, 0.717) is 21.4 Å². The summed E-state index contributed by atoms with van der Waals surface area (Å²) in [4.78, 5) is 23.9. The van der Waals surface area contributed by atoms with Crippen LogP contribution in [0.4, 0.5) is 5.69 Å². The van der Waals surface area contributed by atoms with Crippen LogP contribution in [0.25, 0.3) is 0 Å². The number of ether oxygens (including phenoxy) is 1. The first kappa shape index (κ1) is 15.8. The Hall–Kier alpha value is -2.04. The van der Waals surface area contributed by atoms with Gasteiger partial charge in [-0.1, -0.05) is 23.2 Å². The van der Waals surface area contributed by atoms with E-state index >= 15 is 0 Å². The predicted molar refractivity (Wildman–Crippen MR) is 89.8 cm³/mol. The van der Waals surface area contributed by atoms with E-state index in [9.17, 15) is 9.59 Å². The van der Waals surface area contributed by atoms with E-state index in [1.165, 1.54) is 0 Å². The van der Waals surface area contributed by atoms with Gasteiger partial charge in [0.25, 0.3) is 0 Å². The van der Waals surface area contributed by atoms with Gasteiger partial charge in [0.15, 0.2) is 12.4 Å². The molecule has 1 N–H and O–H groups in total. The lowest BCUT2D eigenvalue weighted by atomic mass is 9.99. The second-order valence-corrected chi connectivity index (χ2v) is 6.12. The molecule has 0 aromatic heterocycles. The van der Waals surface area contributed by atoms with Crippen LogP contribution < -0.4 is 10.1 Å². The van der Waals surface area contributed by atoms with Crippen molar-refractivity contribution in [1.29, 1.82) is 0 Å². The molecule has 0 saturated carbocycles. The average Bonchev–Trinajstić information content (AvgIpc) is 2.82. The fraction of sp³-hybridized carbons (Fsp3) is 0.176. The number of carbonyl (C=O) groups is 2. The molecule has 0 bridgehead atoms. The molecule has 118 valence electrons. The Labute approximate surface area is 143 Å². The van der Waals surface area contributed by atoms with Gasteiger partial charge in [0.05, 0.1) is 16.0 Å². The summed E-state index contributed by atoms with van der Waals surface area (Å²) in [6.45, 7) is 1.69. The number of rotatable bonds is 4. The van der Waals surface area contributed by atoms with Gasteiger partial charge < -0.3 is 10.1 Å². The van der Waals surface area contributed by atoms with Gasteiger partial charge >= 0.3 is 0 Å². The molecule has 0 fully saturated rings. The van der Waals surface area contributed by atoms with Crippen molar-refractivity contribution >= 4 is 40.6 Å². The fourth-order valence-corrected chi connectivity index (χ4v) is 2.68. The Morgan fingerprint density at radius 3 is 2.70 bits per heavy atom. The summed E-state index contributed by atoms with van der Waals surface area (Å²) >= 11 is 11.7. The summed E-state index contributed by atoms with van der Waals surface area (Å²) in [5, 5.41) is 3.57. The van der Waals surface area contributed by atoms with Crippen LogP contribution in [0.2, 0.25) is 10.0 Å². The Morgan fingerprint density at radius 1 is 1.17 bits per heavy atom. The lowest BCUT2D eigenvalue weighted by molar-refractivity contribution is -0.116. The van der Waals surface area contributed by atoms with Gasteiger partial charge in [0.2, 0.25) is 5.91 Å². The number of halogens is 2. The monoisotopic (exact) mass is 349 g/mol. The molecule has 1 amide bonds. The number of benzene rings is 2. The smallest absolute Gasteiger partial charge is 0.231 e. The Bertz CT molecular complexity index is 804. The Morgan fingerprint density at radius 2 is 1.96 bits per heavy atom. The maximum absolute atomic E-state index is 12.3. The van der Waals surface area contributed by atoms with Crippen LogP contribution in [0.15, 0.2) is 36.4 Å². The van der Waals surface area contributed by atoms with Gasteiger partial charge in [-0.3, -0.25) is 9.59 Å². The van der Waals surface area contributed by atoms with E-state index in [4.69, 9.17) is 27.9 Å². The third kappa shape index (κ3) is 3.19. The van der Waals surface area contributed by atoms with E-state index in [1.807, 2.05) is 6.92 Å². The topological polar surface area (TPSA) is 55.4 Å². The number of ketones is 1. The van der Waals surface area contributed by atoms with Crippen molar-refractivity contribution in [3.8, 4) is 5.75 Å². The van der Waals surface area contributed by atoms with Crippen LogP contribution in [0.5, 0.6) is 5.75 Å². The predicted octanol–water partition coefficient (Wildman–Crippen LogP) is 4.31. The quantitative estimate of drug-likeness (QED) is 0.836. The molecule has 0 aliphatic carbocycles. The third-order valence-electron chi connectivity index (χ3n) is 3.75. The number of anilines is 1. The highest BCUT2D eigenvalue weighted by molar-refractivity contribution is 6.42. The van der Waals surface area contributed by atoms with Crippen LogP contribution in [-0.4, -0.2) is 18.3 Å². The van der Waals surface area contributed by atoms with Gasteiger partial charge in [-0.15, -0.1) is 0 Å². The molecule has 1 aliphatic rings. The molecule has 6 heteroatoms. The van der Waals surface area contributed by atoms with Crippen molar-refractivity contribution in [3.05, 3.63) is 57.6 Å². The van der Waals surface area contributed by atoms with Gasteiger partial charge in [-0.05, 0) is 42.8 Å². The largest absolute Gasteiger partial charge is 0.485 e. The summed E-state index contributed by atoms with van der Waals surface area (Å²) in [6.07, 6.45) is 0. The van der Waals surface area contributed by atoms with E-state index in [2.05, 4.69) is 5.32 Å². The van der Waals surface area contributed by atoms with Crippen molar-refractivity contribution in [1.82, 2.24) is 0 Å². The van der Waals surface area contributed by atoms with Crippen molar-refractivity contribution in [2.45, 2.75) is 12.8 Å². The van der Waals surface area contributed by atoms with E-state index in [-0.39, 0.29) is 24.2 Å². The van der Waals surface area contributed by atoms with E-state index in [1.54, 1.807) is 36.4 Å². The van der Waals surface area contributed by atoms with Gasteiger partial charge in [0, 0.05) is 17.3 Å². The summed E-state index contributed by atoms with van der Waals surface area (Å²) < 4.78 is 5.45. The molecule has 1 aliphatic heterocycles. The normalized spacial score (nSPS) is 16.0. The molecule has 23 heavy (non-hydrogen) atoms. The molecular weight excluding hydrogens is 337 g/mol. The first-order chi connectivity index (χ1) is 11.0. The summed E-state index contributed by atoms with van der Waals surface area (Å²) in [6, 6.07) is 9.97. The molecule has 3 rings (SSSR count). The maximum atomic E-state index is 12.3. The first-order valence-corrected chi connectivity index (χ1v) is 7.77. The average molecular weight is 350 g/mol. The molecule has 2 aromatic carbocycles. The summed E-state index contributed by atoms with van der Waals surface area (Å²) in [5.74, 6) is -0.0186. The second kappa shape index (κ2) is 6.22. The van der Waals surface area contributed by atoms with E-state index in [0.717, 1.165) is 11.3 Å². The van der Waals surface area contributed by atoms with Gasteiger partial charge in [0.1, 0.15) is 5.75 Å². The second-order valence-electron chi connectivity index (χ2n) is 5.30. The van der Waals surface area contributed by atoms with Crippen LogP contribution in [0.1, 0.15) is 28.8 Å². The molecule has 0 spiro atoms. The van der Waals surface area contributed by atoms with Crippen LogP contribution in [0, 0.1) is 0 Å². The SMILES string of the molecule is C[C@H]1C(=O)Nc2ccc(C(=O)COc3ccc(Cl)c(Cl)c3)cc21. The highest BCUT2D eigenvalue weighted by Gasteiger charge is 2.27. The lowest BCUT2D eigenvalue weighted by Crippen LogP contribution is -2.12. The minimum atomic E-state index is -0.256. The minimum Gasteiger partial charge on any atom is -0.485 e. The van der Waals surface area contributed by atoms with Crippen molar-refractivity contribution in [2.75, 3.05) is 11.9 Å². The van der Waals surface area contributed by atoms with Gasteiger partial charge in [-0.2, -0.15) is 0 Å². The van der Waals surface area contributed by atoms with Crippen LogP contribution >= 0.6 is 23.2 Å². The summed E-state index contributed by atoms with van der Waals surface area (Å²) in [7, 11) is 0. The van der Waals surface area contributed by atoms with Crippen molar-refractivity contribution in [2.24, 2.45) is 0 Å². The number of hydrogen-bond donors (Lipinski definition) is 1. The van der Waals surface area contributed by atoms with Crippen LogP contribution in [-0.2, 0) is 4.79 Å². The maximum Gasteiger partial charge on any atom is 0.231 e. The zero-order chi connectivity index (χ0) is 16.6. The highest BCUT2D eigenvalue weighted by Crippen LogP contribution is 2.33. The Balaban J connectivity index is 1.72. The number of carbonyl (C=O) groups excluding carboxylic acids is 2. The molecule has 1 atom stereocenters. The first-order valence-electron chi connectivity index (χ1n) is 7.01. The van der Waals surface area contributed by atoms with Crippen LogP contribution in [0.3, 0.4) is 0 Å². The standard InChI is InChI=1S/C17H13Cl2NO3/c1-9-12-6-10(2-5-15(12)20-17(9)22)16(21)8-23-11-3-4-13(18)14(19)7-11/h2-7,9H,8H2,1H3,(H,20,22)/t9-/m1/s1. The highest BCUT2D eigenvalue weighted by atomic mass is 35.5. The number of nitrogens with one attached hydrogen (secondary N) is 1. The minimum absolute atomic E-state index is 0.0587. The number of Topliss-reactive ketones (excluding diaryl/α,β-unsaturated/α-hetero) is 1. The zero-order valence-electron chi connectivity index (χ0n) is 12.2. The summed E-state index contributed by atoms with van der Waals surface area (Å²) in [5.41, 5.74) is 2.09.